The molecule has 0 saturated carbocycles. The average molecular weight is 470 g/mol. The van der Waals surface area contributed by atoms with E-state index in [1.165, 1.54) is 48.5 Å². The van der Waals surface area contributed by atoms with E-state index in [9.17, 15) is 18.4 Å². The van der Waals surface area contributed by atoms with Gasteiger partial charge in [0, 0.05) is 28.7 Å². The Morgan fingerprint density at radius 1 is 0.829 bits per heavy atom. The molecule has 0 bridgehead atoms. The van der Waals surface area contributed by atoms with Gasteiger partial charge in [-0.3, -0.25) is 14.9 Å². The number of aromatic amines is 1. The minimum absolute atomic E-state index is 0.206. The first kappa shape index (κ1) is 21.8. The third-order valence-corrected chi connectivity index (χ3v) is 5.17. The Hall–Kier alpha value is -4.99. The van der Waals surface area contributed by atoms with Crippen LogP contribution >= 0.6 is 0 Å². The number of rotatable bonds is 5. The van der Waals surface area contributed by atoms with E-state index < -0.39 is 23.4 Å². The molecule has 0 saturated heterocycles. The van der Waals surface area contributed by atoms with Crippen molar-refractivity contribution < 1.29 is 18.4 Å². The van der Waals surface area contributed by atoms with Crippen LogP contribution in [0.15, 0.2) is 79.3 Å². The van der Waals surface area contributed by atoms with Crippen LogP contribution in [-0.2, 0) is 0 Å². The number of aromatic nitrogens is 4. The fourth-order valence-corrected chi connectivity index (χ4v) is 3.44. The number of anilines is 2. The van der Waals surface area contributed by atoms with Crippen LogP contribution in [0.1, 0.15) is 15.9 Å². The number of ketones is 1. The van der Waals surface area contributed by atoms with Crippen molar-refractivity contribution in [3.8, 4) is 11.3 Å². The minimum Gasteiger partial charge on any atom is -0.308 e. The first-order chi connectivity index (χ1) is 17.0. The lowest BCUT2D eigenvalue weighted by Crippen LogP contribution is -2.19. The standard InChI is InChI=1S/C25H16F2N6O2/c26-16-2-4-17(5-3-16)31-25(35)32-18-6-7-20(27)19(10-18)24(34)14-1-8-21-22(9-14)33-23(13-28-21)15-11-29-30-12-15/h1-13H,(H,29,30)(H2,31,32,35). The molecule has 0 atom stereocenters. The van der Waals surface area contributed by atoms with E-state index >= 15 is 0 Å². The summed E-state index contributed by atoms with van der Waals surface area (Å²) in [5.74, 6) is -1.75. The number of carbonyl (C=O) groups is 2. The molecular formula is C25H16F2N6O2. The second-order valence-electron chi connectivity index (χ2n) is 7.56. The van der Waals surface area contributed by atoms with Gasteiger partial charge in [0.1, 0.15) is 11.6 Å². The first-order valence-corrected chi connectivity index (χ1v) is 10.4. The Kier molecular flexibility index (Phi) is 5.68. The van der Waals surface area contributed by atoms with Gasteiger partial charge in [-0.05, 0) is 60.7 Å². The monoisotopic (exact) mass is 470 g/mol. The van der Waals surface area contributed by atoms with E-state index in [1.807, 2.05) is 0 Å². The molecule has 3 N–H and O–H groups in total. The van der Waals surface area contributed by atoms with Gasteiger partial charge in [0.15, 0.2) is 5.78 Å². The summed E-state index contributed by atoms with van der Waals surface area (Å²) in [6, 6.07) is 13.0. The highest BCUT2D eigenvalue weighted by molar-refractivity contribution is 6.11. The fraction of sp³-hybridized carbons (Fsp3) is 0. The number of amides is 2. The normalized spacial score (nSPS) is 10.8. The molecule has 35 heavy (non-hydrogen) atoms. The van der Waals surface area contributed by atoms with Crippen molar-refractivity contribution in [1.82, 2.24) is 20.2 Å². The molecule has 2 aromatic heterocycles. The molecule has 0 aliphatic heterocycles. The fourth-order valence-electron chi connectivity index (χ4n) is 3.44. The highest BCUT2D eigenvalue weighted by Gasteiger charge is 2.17. The summed E-state index contributed by atoms with van der Waals surface area (Å²) in [5, 5.41) is 11.7. The highest BCUT2D eigenvalue weighted by Crippen LogP contribution is 2.23. The van der Waals surface area contributed by atoms with E-state index in [4.69, 9.17) is 0 Å². The van der Waals surface area contributed by atoms with Crippen molar-refractivity contribution in [3.05, 3.63) is 102 Å². The summed E-state index contributed by atoms with van der Waals surface area (Å²) in [5.41, 5.74) is 2.91. The van der Waals surface area contributed by atoms with E-state index in [2.05, 4.69) is 30.8 Å². The molecule has 0 unspecified atom stereocenters. The quantitative estimate of drug-likeness (QED) is 0.307. The van der Waals surface area contributed by atoms with E-state index in [0.29, 0.717) is 22.4 Å². The molecule has 2 amide bonds. The van der Waals surface area contributed by atoms with Gasteiger partial charge in [0.05, 0.1) is 34.7 Å². The summed E-state index contributed by atoms with van der Waals surface area (Å²) in [4.78, 5) is 34.3. The number of hydrogen-bond acceptors (Lipinski definition) is 5. The zero-order valence-electron chi connectivity index (χ0n) is 17.9. The predicted octanol–water partition coefficient (Wildman–Crippen LogP) is 5.17. The van der Waals surface area contributed by atoms with E-state index in [-0.39, 0.29) is 16.8 Å². The second-order valence-corrected chi connectivity index (χ2v) is 7.56. The third-order valence-electron chi connectivity index (χ3n) is 5.17. The average Bonchev–Trinajstić information content (AvgIpc) is 3.41. The van der Waals surface area contributed by atoms with Crippen molar-refractivity contribution in [2.45, 2.75) is 0 Å². The Bertz CT molecular complexity index is 1550. The van der Waals surface area contributed by atoms with Crippen molar-refractivity contribution in [2.75, 3.05) is 10.6 Å². The van der Waals surface area contributed by atoms with Crippen LogP contribution in [0, 0.1) is 11.6 Å². The highest BCUT2D eigenvalue weighted by atomic mass is 19.1. The number of nitrogens with zero attached hydrogens (tertiary/aromatic N) is 3. The van der Waals surface area contributed by atoms with Crippen LogP contribution < -0.4 is 10.6 Å². The molecular weight excluding hydrogens is 454 g/mol. The molecule has 0 aliphatic carbocycles. The molecule has 0 spiro atoms. The van der Waals surface area contributed by atoms with Crippen molar-refractivity contribution in [3.63, 3.8) is 0 Å². The van der Waals surface area contributed by atoms with Crippen LogP contribution in [0.3, 0.4) is 0 Å². The number of fused-ring (bicyclic) bond motifs is 1. The lowest BCUT2D eigenvalue weighted by Gasteiger charge is -2.10. The van der Waals surface area contributed by atoms with Crippen LogP contribution in [-0.4, -0.2) is 32.0 Å². The maximum absolute atomic E-state index is 14.6. The van der Waals surface area contributed by atoms with Crippen molar-refractivity contribution in [2.24, 2.45) is 0 Å². The van der Waals surface area contributed by atoms with Crippen molar-refractivity contribution in [1.29, 1.82) is 0 Å². The van der Waals surface area contributed by atoms with Gasteiger partial charge in [-0.2, -0.15) is 5.10 Å². The Morgan fingerprint density at radius 3 is 2.37 bits per heavy atom. The lowest BCUT2D eigenvalue weighted by atomic mass is 10.0. The van der Waals surface area contributed by atoms with E-state index in [1.54, 1.807) is 24.7 Å². The van der Waals surface area contributed by atoms with Crippen LogP contribution in [0.4, 0.5) is 25.0 Å². The molecule has 0 radical (unpaired) electrons. The second kappa shape index (κ2) is 9.10. The minimum atomic E-state index is -0.738. The summed E-state index contributed by atoms with van der Waals surface area (Å²) >= 11 is 0. The van der Waals surface area contributed by atoms with Gasteiger partial charge in [-0.15, -0.1) is 0 Å². The van der Waals surface area contributed by atoms with Gasteiger partial charge in [0.2, 0.25) is 0 Å². The molecule has 3 aromatic carbocycles. The zero-order chi connectivity index (χ0) is 24.4. The predicted molar refractivity (Wildman–Crippen MR) is 126 cm³/mol. The zero-order valence-corrected chi connectivity index (χ0v) is 17.9. The summed E-state index contributed by atoms with van der Waals surface area (Å²) in [7, 11) is 0. The Morgan fingerprint density at radius 2 is 1.60 bits per heavy atom. The molecule has 8 nitrogen and oxygen atoms in total. The third kappa shape index (κ3) is 4.71. The maximum Gasteiger partial charge on any atom is 0.323 e. The van der Waals surface area contributed by atoms with Gasteiger partial charge in [0.25, 0.3) is 0 Å². The maximum atomic E-state index is 14.6. The topological polar surface area (TPSA) is 113 Å². The number of H-pyrrole nitrogens is 1. The number of halogens is 2. The summed E-state index contributed by atoms with van der Waals surface area (Å²) in [6.07, 6.45) is 4.87. The van der Waals surface area contributed by atoms with Gasteiger partial charge in [-0.1, -0.05) is 0 Å². The van der Waals surface area contributed by atoms with Crippen molar-refractivity contribution >= 4 is 34.2 Å². The van der Waals surface area contributed by atoms with Gasteiger partial charge < -0.3 is 10.6 Å². The molecule has 5 aromatic rings. The van der Waals surface area contributed by atoms with Gasteiger partial charge >= 0.3 is 6.03 Å². The first-order valence-electron chi connectivity index (χ1n) is 10.4. The van der Waals surface area contributed by atoms with Gasteiger partial charge in [-0.25, -0.2) is 18.6 Å². The largest absolute Gasteiger partial charge is 0.323 e. The molecule has 5 rings (SSSR count). The number of carbonyl (C=O) groups excluding carboxylic acids is 2. The lowest BCUT2D eigenvalue weighted by molar-refractivity contribution is 0.103. The SMILES string of the molecule is O=C(Nc1ccc(F)cc1)Nc1ccc(F)c(C(=O)c2ccc3ncc(-c4cn[nH]c4)nc3c2)c1. The smallest absolute Gasteiger partial charge is 0.308 e. The summed E-state index contributed by atoms with van der Waals surface area (Å²) in [6.45, 7) is 0. The Balaban J connectivity index is 1.39. The number of benzene rings is 3. The molecule has 172 valence electrons. The number of nitrogens with one attached hydrogen (secondary N) is 3. The molecule has 0 aliphatic rings. The Labute approximate surface area is 197 Å². The van der Waals surface area contributed by atoms with Crippen LogP contribution in [0.2, 0.25) is 0 Å². The molecule has 0 fully saturated rings. The number of urea groups is 1. The van der Waals surface area contributed by atoms with Crippen LogP contribution in [0.25, 0.3) is 22.3 Å². The van der Waals surface area contributed by atoms with Crippen LogP contribution in [0.5, 0.6) is 0 Å². The molecule has 2 heterocycles. The number of hydrogen-bond donors (Lipinski definition) is 3. The molecule has 10 heteroatoms. The van der Waals surface area contributed by atoms with E-state index in [0.717, 1.165) is 11.6 Å². The summed E-state index contributed by atoms with van der Waals surface area (Å²) < 4.78 is 27.6.